The van der Waals surface area contributed by atoms with Crippen LogP contribution < -0.4 is 10.3 Å². The molecule has 54 heavy (non-hydrogen) atoms. The number of hydrogen-bond donors (Lipinski definition) is 2. The molecule has 2 aliphatic rings. The zero-order valence-electron chi connectivity index (χ0n) is 29.2. The summed E-state index contributed by atoms with van der Waals surface area (Å²) in [5.41, 5.74) is 0.137. The molecule has 4 N–H and O–H groups in total. The van der Waals surface area contributed by atoms with E-state index < -0.39 is 113 Å². The fraction of sp³-hybridized carbons (Fsp3) is 0.571. The van der Waals surface area contributed by atoms with Crippen molar-refractivity contribution in [3.05, 3.63) is 23.3 Å². The number of ether oxygens (including phenoxy) is 4. The first kappa shape index (κ1) is 43.3. The van der Waals surface area contributed by atoms with Crippen molar-refractivity contribution in [3.63, 3.8) is 0 Å². The van der Waals surface area contributed by atoms with Crippen LogP contribution in [0.1, 0.15) is 76.6 Å². The Morgan fingerprint density at radius 1 is 0.685 bits per heavy atom. The van der Waals surface area contributed by atoms with Crippen LogP contribution in [0, 0.1) is 0 Å². The van der Waals surface area contributed by atoms with Crippen molar-refractivity contribution in [2.75, 3.05) is 26.7 Å². The number of nitrogens with two attached hydrogens (primary N) is 2. The summed E-state index contributed by atoms with van der Waals surface area (Å²) in [6.45, 7) is 4.25. The molecular formula is C28H38N4O16S6. The Morgan fingerprint density at radius 2 is 1.02 bits per heavy atom. The molecule has 0 bridgehead atoms. The minimum Gasteiger partial charge on any atom is -0.428 e. The molecule has 0 radical (unpaired) electrons. The number of hydrogen-bond acceptors (Lipinski definition) is 18. The number of carbonyl (C=O) groups excluding carboxylic acids is 4. The standard InChI is InChI=1S/C28H38N4O16S6/c1-5-31(19-9-15(3)51(37,38)25-17(19)11-23(49-25)53(29,41)42)27(35)47-13-45-21(33)7-8-22(34)46-14-48-28(36)32(6-2)20-10-16(4)52(39,40)26-18(20)12-24(50-26)54(30,43)44/h11-12,15-16,19-20H,5-10,13-14H2,1-4H3,(H2,29,41,42)(H2,30,43,44)/t15-,16-,19-,20?/m0/s1. The van der Waals surface area contributed by atoms with Gasteiger partial charge >= 0.3 is 24.1 Å². The number of amides is 2. The highest BCUT2D eigenvalue weighted by molar-refractivity contribution is 7.96. The van der Waals surface area contributed by atoms with Gasteiger partial charge in [0, 0.05) is 24.2 Å². The molecule has 0 fully saturated rings. The monoisotopic (exact) mass is 878 g/mol. The van der Waals surface area contributed by atoms with Crippen molar-refractivity contribution in [2.45, 2.75) is 92.8 Å². The van der Waals surface area contributed by atoms with Gasteiger partial charge in [0.25, 0.3) is 0 Å². The number of esters is 2. The van der Waals surface area contributed by atoms with E-state index in [0.717, 1.165) is 21.9 Å². The SMILES string of the molecule is CCN(C(=O)OCOC(=O)CCC(=O)OCOC(=O)N(CC)[C@H]1C[C@H](C)S(=O)(=O)c2sc(S(N)(=O)=O)cc21)C1C[C@H](C)S(=O)(=O)c2sc(S(N)(=O)=O)cc21. The maximum absolute atomic E-state index is 12.9. The van der Waals surface area contributed by atoms with E-state index in [1.54, 1.807) is 13.8 Å². The van der Waals surface area contributed by atoms with E-state index in [-0.39, 0.29) is 53.9 Å². The number of fused-ring (bicyclic) bond motifs is 2. The summed E-state index contributed by atoms with van der Waals surface area (Å²) in [7, 11) is -16.3. The molecule has 302 valence electrons. The maximum atomic E-state index is 12.9. The normalized spacial score (nSPS) is 21.5. The lowest BCUT2D eigenvalue weighted by atomic mass is 10.0. The number of sulfonamides is 2. The van der Waals surface area contributed by atoms with Crippen LogP contribution in [0.3, 0.4) is 0 Å². The average Bonchev–Trinajstić information content (AvgIpc) is 3.74. The number of nitrogens with zero attached hydrogens (tertiary/aromatic N) is 2. The van der Waals surface area contributed by atoms with E-state index in [0.29, 0.717) is 22.7 Å². The molecule has 0 saturated carbocycles. The van der Waals surface area contributed by atoms with Crippen molar-refractivity contribution in [3.8, 4) is 0 Å². The van der Waals surface area contributed by atoms with Gasteiger partial charge in [0.1, 0.15) is 16.8 Å². The van der Waals surface area contributed by atoms with E-state index in [9.17, 15) is 52.8 Å². The van der Waals surface area contributed by atoms with Crippen LogP contribution in [0.2, 0.25) is 0 Å². The third kappa shape index (κ3) is 9.17. The summed E-state index contributed by atoms with van der Waals surface area (Å²) >= 11 is 0.975. The predicted molar refractivity (Wildman–Crippen MR) is 188 cm³/mol. The summed E-state index contributed by atoms with van der Waals surface area (Å²) in [6.07, 6.45) is -3.21. The molecular weight excluding hydrogens is 841 g/mol. The number of carbonyl (C=O) groups is 4. The van der Waals surface area contributed by atoms with Crippen LogP contribution in [-0.2, 0) is 68.3 Å². The molecule has 0 spiro atoms. The van der Waals surface area contributed by atoms with Gasteiger partial charge in [-0.15, -0.1) is 22.7 Å². The average molecular weight is 879 g/mol. The van der Waals surface area contributed by atoms with Crippen molar-refractivity contribution in [1.82, 2.24) is 9.80 Å². The molecule has 0 aromatic carbocycles. The number of thiophene rings is 2. The summed E-state index contributed by atoms with van der Waals surface area (Å²) in [5, 5.41) is 8.47. The maximum Gasteiger partial charge on any atom is 0.413 e. The van der Waals surface area contributed by atoms with Crippen LogP contribution in [0.4, 0.5) is 9.59 Å². The molecule has 20 nitrogen and oxygen atoms in total. The van der Waals surface area contributed by atoms with Crippen LogP contribution >= 0.6 is 22.7 Å². The van der Waals surface area contributed by atoms with Crippen molar-refractivity contribution in [2.24, 2.45) is 10.3 Å². The zero-order chi connectivity index (χ0) is 40.6. The van der Waals surface area contributed by atoms with Gasteiger partial charge in [0.05, 0.1) is 35.4 Å². The molecule has 26 heteroatoms. The van der Waals surface area contributed by atoms with E-state index in [1.165, 1.54) is 13.8 Å². The van der Waals surface area contributed by atoms with Gasteiger partial charge in [-0.3, -0.25) is 9.59 Å². The van der Waals surface area contributed by atoms with Crippen LogP contribution in [0.15, 0.2) is 29.0 Å². The molecule has 2 amide bonds. The van der Waals surface area contributed by atoms with Gasteiger partial charge in [0.15, 0.2) is 19.7 Å². The molecule has 4 atom stereocenters. The largest absolute Gasteiger partial charge is 0.428 e. The Balaban J connectivity index is 1.26. The quantitative estimate of drug-likeness (QED) is 0.214. The second-order valence-corrected chi connectivity index (χ2v) is 22.9. The molecule has 2 aromatic rings. The van der Waals surface area contributed by atoms with Crippen LogP contribution in [-0.4, -0.2) is 105 Å². The first-order valence-electron chi connectivity index (χ1n) is 15.9. The molecule has 0 saturated heterocycles. The molecule has 2 aromatic heterocycles. The second kappa shape index (κ2) is 16.4. The summed E-state index contributed by atoms with van der Waals surface area (Å²) < 4.78 is 118. The smallest absolute Gasteiger partial charge is 0.413 e. The fourth-order valence-corrected chi connectivity index (χ4v) is 14.6. The Morgan fingerprint density at radius 3 is 1.31 bits per heavy atom. The molecule has 0 aliphatic carbocycles. The summed E-state index contributed by atoms with van der Waals surface area (Å²) in [5.74, 6) is -1.95. The Bertz CT molecular complexity index is 2090. The van der Waals surface area contributed by atoms with Gasteiger partial charge in [-0.1, -0.05) is 0 Å². The molecule has 1 unspecified atom stereocenters. The van der Waals surface area contributed by atoms with Gasteiger partial charge in [0.2, 0.25) is 33.6 Å². The van der Waals surface area contributed by atoms with Crippen molar-refractivity contribution >= 4 is 86.5 Å². The van der Waals surface area contributed by atoms with E-state index in [2.05, 4.69) is 0 Å². The topological polar surface area (TPSA) is 300 Å². The zero-order valence-corrected chi connectivity index (χ0v) is 34.1. The fourth-order valence-electron chi connectivity index (χ4n) is 5.77. The first-order valence-corrected chi connectivity index (χ1v) is 23.8. The Labute approximate surface area is 319 Å². The van der Waals surface area contributed by atoms with Crippen LogP contribution in [0.25, 0.3) is 0 Å². The van der Waals surface area contributed by atoms with Gasteiger partial charge < -0.3 is 28.7 Å². The van der Waals surface area contributed by atoms with Crippen molar-refractivity contribution < 1.29 is 71.8 Å². The van der Waals surface area contributed by atoms with Gasteiger partial charge in [-0.2, -0.15) is 0 Å². The molecule has 2 aliphatic heterocycles. The summed E-state index contributed by atoms with van der Waals surface area (Å²) in [4.78, 5) is 52.6. The number of rotatable bonds is 13. The predicted octanol–water partition coefficient (Wildman–Crippen LogP) is 1.72. The third-order valence-corrected chi connectivity index (χ3v) is 19.2. The second-order valence-electron chi connectivity index (χ2n) is 12.1. The third-order valence-electron chi connectivity index (χ3n) is 8.61. The minimum absolute atomic E-state index is 0.00683. The first-order chi connectivity index (χ1) is 24.9. The molecule has 4 heterocycles. The highest BCUT2D eigenvalue weighted by Crippen LogP contribution is 2.46. The van der Waals surface area contributed by atoms with Crippen LogP contribution in [0.5, 0.6) is 0 Å². The Kier molecular flexibility index (Phi) is 13.1. The van der Waals surface area contributed by atoms with E-state index in [1.807, 2.05) is 0 Å². The highest BCUT2D eigenvalue weighted by atomic mass is 32.3. The van der Waals surface area contributed by atoms with E-state index in [4.69, 9.17) is 29.2 Å². The lowest BCUT2D eigenvalue weighted by molar-refractivity contribution is -0.159. The number of primary sulfonamides is 2. The Hall–Kier alpha value is -3.40. The lowest BCUT2D eigenvalue weighted by Crippen LogP contribution is -2.40. The van der Waals surface area contributed by atoms with E-state index >= 15 is 0 Å². The molecule has 4 rings (SSSR count). The van der Waals surface area contributed by atoms with Gasteiger partial charge in [-0.25, -0.2) is 53.5 Å². The lowest BCUT2D eigenvalue weighted by Gasteiger charge is -2.35. The van der Waals surface area contributed by atoms with Gasteiger partial charge in [-0.05, 0) is 52.7 Å². The highest BCUT2D eigenvalue weighted by Gasteiger charge is 2.44. The summed E-state index contributed by atoms with van der Waals surface area (Å²) in [6, 6.07) is 0.423. The minimum atomic E-state index is -4.24. The number of sulfone groups is 2. The van der Waals surface area contributed by atoms with Crippen molar-refractivity contribution in [1.29, 1.82) is 0 Å².